The lowest BCUT2D eigenvalue weighted by Gasteiger charge is -2.34. The van der Waals surface area contributed by atoms with Gasteiger partial charge in [0.15, 0.2) is 0 Å². The molecule has 3 rings (SSSR count). The number of carbonyl (C=O) groups excluding carboxylic acids is 1. The Balaban J connectivity index is 2.01. The van der Waals surface area contributed by atoms with E-state index in [-0.39, 0.29) is 23.9 Å². The number of carbonyl (C=O) groups is 1. The van der Waals surface area contributed by atoms with Crippen molar-refractivity contribution >= 4 is 27.5 Å². The number of amides is 1. The van der Waals surface area contributed by atoms with Crippen LogP contribution in [0.25, 0.3) is 0 Å². The number of ether oxygens (including phenoxy) is 1. The zero-order chi connectivity index (χ0) is 18.0. The first-order valence-corrected chi connectivity index (χ1v) is 9.44. The summed E-state index contributed by atoms with van der Waals surface area (Å²) in [5.41, 5.74) is 0.568. The zero-order valence-corrected chi connectivity index (χ0v) is 15.0. The monoisotopic (exact) mass is 380 g/mol. The van der Waals surface area contributed by atoms with Gasteiger partial charge in [-0.25, -0.2) is 8.42 Å². The fourth-order valence-corrected chi connectivity index (χ4v) is 4.45. The molecule has 0 aromatic heterocycles. The molecule has 0 bridgehead atoms. The van der Waals surface area contributed by atoms with Crippen LogP contribution in [0.3, 0.4) is 0 Å². The highest BCUT2D eigenvalue weighted by atomic mass is 35.5. The lowest BCUT2D eigenvalue weighted by molar-refractivity contribution is -0.126. The summed E-state index contributed by atoms with van der Waals surface area (Å²) in [6.07, 6.45) is 0. The molecule has 1 atom stereocenters. The molecule has 1 amide bonds. The fourth-order valence-electron chi connectivity index (χ4n) is 2.75. The maximum absolute atomic E-state index is 13.1. The second kappa shape index (κ2) is 7.03. The predicted octanol–water partition coefficient (Wildman–Crippen LogP) is 2.21. The van der Waals surface area contributed by atoms with Crippen LogP contribution in [0.1, 0.15) is 11.6 Å². The number of hydrogen-bond donors (Lipinski definition) is 1. The van der Waals surface area contributed by atoms with Crippen LogP contribution in [-0.2, 0) is 14.8 Å². The second-order valence-electron chi connectivity index (χ2n) is 5.54. The number of nitrogens with zero attached hydrogens (tertiary/aromatic N) is 1. The third-order valence-corrected chi connectivity index (χ3v) is 6.15. The van der Waals surface area contributed by atoms with Crippen LogP contribution in [0, 0.1) is 0 Å². The number of nitrogens with one attached hydrogen (secondary N) is 1. The molecular formula is C17H17ClN2O4S. The molecule has 1 fully saturated rings. The van der Waals surface area contributed by atoms with E-state index in [2.05, 4.69) is 5.32 Å². The highest BCUT2D eigenvalue weighted by Crippen LogP contribution is 2.30. The van der Waals surface area contributed by atoms with Gasteiger partial charge in [0.25, 0.3) is 0 Å². The minimum absolute atomic E-state index is 0.113. The van der Waals surface area contributed by atoms with Crippen LogP contribution >= 0.6 is 11.6 Å². The van der Waals surface area contributed by atoms with Crippen molar-refractivity contribution in [2.24, 2.45) is 0 Å². The first-order chi connectivity index (χ1) is 11.9. The Hall–Kier alpha value is -2.09. The molecule has 2 aromatic carbocycles. The Bertz CT molecular complexity index is 867. The summed E-state index contributed by atoms with van der Waals surface area (Å²) < 4.78 is 32.4. The minimum Gasteiger partial charge on any atom is -0.497 e. The lowest BCUT2D eigenvalue weighted by Crippen LogP contribution is -2.52. The van der Waals surface area contributed by atoms with Crippen LogP contribution in [0.2, 0.25) is 5.02 Å². The van der Waals surface area contributed by atoms with Gasteiger partial charge in [0.1, 0.15) is 11.8 Å². The summed E-state index contributed by atoms with van der Waals surface area (Å²) in [5, 5.41) is 3.24. The van der Waals surface area contributed by atoms with Crippen LogP contribution in [-0.4, -0.2) is 38.8 Å². The minimum atomic E-state index is -3.84. The summed E-state index contributed by atoms with van der Waals surface area (Å²) >= 11 is 5.89. The van der Waals surface area contributed by atoms with Gasteiger partial charge in [-0.2, -0.15) is 4.31 Å². The van der Waals surface area contributed by atoms with Crippen molar-refractivity contribution in [3.63, 3.8) is 0 Å². The number of sulfonamides is 1. The molecule has 1 unspecified atom stereocenters. The van der Waals surface area contributed by atoms with Gasteiger partial charge < -0.3 is 10.1 Å². The smallest absolute Gasteiger partial charge is 0.244 e. The fraction of sp³-hybridized carbons (Fsp3) is 0.235. The van der Waals surface area contributed by atoms with Gasteiger partial charge in [-0.3, -0.25) is 4.79 Å². The molecule has 132 valence electrons. The van der Waals surface area contributed by atoms with Crippen molar-refractivity contribution < 1.29 is 17.9 Å². The molecule has 1 heterocycles. The number of piperazine rings is 1. The lowest BCUT2D eigenvalue weighted by atomic mass is 10.1. The molecule has 1 N–H and O–H groups in total. The second-order valence-corrected chi connectivity index (χ2v) is 7.86. The van der Waals surface area contributed by atoms with Crippen molar-refractivity contribution in [2.75, 3.05) is 20.2 Å². The van der Waals surface area contributed by atoms with Crippen molar-refractivity contribution in [1.82, 2.24) is 9.62 Å². The Kier molecular flexibility index (Phi) is 4.99. The van der Waals surface area contributed by atoms with Gasteiger partial charge in [0, 0.05) is 18.1 Å². The first-order valence-electron chi connectivity index (χ1n) is 7.62. The van der Waals surface area contributed by atoms with E-state index in [1.807, 2.05) is 0 Å². The molecule has 2 aromatic rings. The third kappa shape index (κ3) is 3.49. The van der Waals surface area contributed by atoms with E-state index in [1.54, 1.807) is 36.4 Å². The summed E-state index contributed by atoms with van der Waals surface area (Å²) in [6, 6.07) is 11.8. The van der Waals surface area contributed by atoms with Gasteiger partial charge >= 0.3 is 0 Å². The molecule has 0 saturated carbocycles. The maximum Gasteiger partial charge on any atom is 0.244 e. The van der Waals surface area contributed by atoms with Crippen molar-refractivity contribution in [1.29, 1.82) is 0 Å². The van der Waals surface area contributed by atoms with Crippen LogP contribution in [0.4, 0.5) is 0 Å². The number of halogens is 1. The SMILES string of the molecule is COc1ccc(S(=O)(=O)N2CCNC(=O)C2c2ccc(Cl)cc2)cc1. The van der Waals surface area contributed by atoms with Gasteiger partial charge in [-0.05, 0) is 42.0 Å². The average Bonchev–Trinajstić information content (AvgIpc) is 2.62. The summed E-state index contributed by atoms with van der Waals surface area (Å²) in [6.45, 7) is 0.450. The maximum atomic E-state index is 13.1. The molecule has 8 heteroatoms. The zero-order valence-electron chi connectivity index (χ0n) is 13.5. The van der Waals surface area contributed by atoms with Crippen molar-refractivity contribution in [3.05, 3.63) is 59.1 Å². The molecule has 1 aliphatic heterocycles. The summed E-state index contributed by atoms with van der Waals surface area (Å²) in [5.74, 6) is 0.204. The first kappa shape index (κ1) is 17.7. The van der Waals surface area contributed by atoms with E-state index in [0.29, 0.717) is 16.3 Å². The van der Waals surface area contributed by atoms with Gasteiger partial charge in [-0.15, -0.1) is 0 Å². The molecular weight excluding hydrogens is 364 g/mol. The van der Waals surface area contributed by atoms with Crippen LogP contribution in [0.5, 0.6) is 5.75 Å². The molecule has 0 spiro atoms. The Morgan fingerprint density at radius 2 is 1.76 bits per heavy atom. The van der Waals surface area contributed by atoms with Crippen LogP contribution < -0.4 is 10.1 Å². The van der Waals surface area contributed by atoms with E-state index >= 15 is 0 Å². The normalized spacial score (nSPS) is 18.6. The highest BCUT2D eigenvalue weighted by molar-refractivity contribution is 7.89. The quantitative estimate of drug-likeness (QED) is 0.882. The van der Waals surface area contributed by atoms with E-state index < -0.39 is 16.1 Å². The Morgan fingerprint density at radius 3 is 2.36 bits per heavy atom. The number of hydrogen-bond acceptors (Lipinski definition) is 4. The van der Waals surface area contributed by atoms with Crippen molar-refractivity contribution in [2.45, 2.75) is 10.9 Å². The van der Waals surface area contributed by atoms with Crippen molar-refractivity contribution in [3.8, 4) is 5.75 Å². The predicted molar refractivity (Wildman–Crippen MR) is 94.1 cm³/mol. The molecule has 25 heavy (non-hydrogen) atoms. The summed E-state index contributed by atoms with van der Waals surface area (Å²) in [4.78, 5) is 12.5. The van der Waals surface area contributed by atoms with E-state index in [1.165, 1.54) is 23.5 Å². The standard InChI is InChI=1S/C17H17ClN2O4S/c1-24-14-6-8-15(9-7-14)25(22,23)20-11-10-19-17(21)16(20)12-2-4-13(18)5-3-12/h2-9,16H,10-11H2,1H3,(H,19,21). The van der Waals surface area contributed by atoms with Gasteiger partial charge in [0.05, 0.1) is 12.0 Å². The molecule has 6 nitrogen and oxygen atoms in total. The Labute approximate surface area is 151 Å². The summed E-state index contributed by atoms with van der Waals surface area (Å²) in [7, 11) is -2.33. The number of rotatable bonds is 4. The molecule has 1 saturated heterocycles. The number of methoxy groups -OCH3 is 1. The van der Waals surface area contributed by atoms with E-state index in [0.717, 1.165) is 0 Å². The number of benzene rings is 2. The topological polar surface area (TPSA) is 75.7 Å². The van der Waals surface area contributed by atoms with E-state index in [9.17, 15) is 13.2 Å². The van der Waals surface area contributed by atoms with E-state index in [4.69, 9.17) is 16.3 Å². The molecule has 0 radical (unpaired) electrons. The molecule has 1 aliphatic rings. The molecule has 0 aliphatic carbocycles. The van der Waals surface area contributed by atoms with Gasteiger partial charge in [0.2, 0.25) is 15.9 Å². The average molecular weight is 381 g/mol. The largest absolute Gasteiger partial charge is 0.497 e. The van der Waals surface area contributed by atoms with Crippen LogP contribution in [0.15, 0.2) is 53.4 Å². The third-order valence-electron chi connectivity index (χ3n) is 4.02. The highest BCUT2D eigenvalue weighted by Gasteiger charge is 2.39. The Morgan fingerprint density at radius 1 is 1.12 bits per heavy atom. The van der Waals surface area contributed by atoms with Gasteiger partial charge in [-0.1, -0.05) is 23.7 Å².